The molecule has 0 heterocycles. The minimum absolute atomic E-state index is 0.239. The van der Waals surface area contributed by atoms with Gasteiger partial charge in [-0.2, -0.15) is 0 Å². The lowest BCUT2D eigenvalue weighted by molar-refractivity contribution is 0.0189. The van der Waals surface area contributed by atoms with Crippen molar-refractivity contribution in [2.75, 3.05) is 7.11 Å². The summed E-state index contributed by atoms with van der Waals surface area (Å²) in [5.74, 6) is -2.33. The van der Waals surface area contributed by atoms with Crippen LogP contribution in [0.5, 0.6) is 0 Å². The first-order chi connectivity index (χ1) is 8.20. The van der Waals surface area contributed by atoms with Crippen molar-refractivity contribution in [1.82, 2.24) is 0 Å². The SMILES string of the molecule is COC(C(=O)c1c(F)ccc(C)c1F)C(C)(C)C. The van der Waals surface area contributed by atoms with E-state index in [1.165, 1.54) is 20.1 Å². The zero-order chi connectivity index (χ0) is 14.1. The minimum Gasteiger partial charge on any atom is -0.373 e. The second kappa shape index (κ2) is 5.14. The van der Waals surface area contributed by atoms with Gasteiger partial charge >= 0.3 is 0 Å². The number of methoxy groups -OCH3 is 1. The summed E-state index contributed by atoms with van der Waals surface area (Å²) in [4.78, 5) is 12.2. The van der Waals surface area contributed by atoms with Crippen LogP contribution in [0, 0.1) is 24.0 Å². The molecule has 0 aromatic heterocycles. The first-order valence-corrected chi connectivity index (χ1v) is 5.71. The Kier molecular flexibility index (Phi) is 4.22. The lowest BCUT2D eigenvalue weighted by Crippen LogP contribution is -2.37. The van der Waals surface area contributed by atoms with Gasteiger partial charge in [0.15, 0.2) is 5.78 Å². The molecule has 1 unspecified atom stereocenters. The van der Waals surface area contributed by atoms with Gasteiger partial charge in [0.05, 0.1) is 5.56 Å². The van der Waals surface area contributed by atoms with Gasteiger partial charge in [-0.05, 0) is 24.0 Å². The molecular formula is C14H18F2O2. The highest BCUT2D eigenvalue weighted by Gasteiger charge is 2.35. The Hall–Kier alpha value is -1.29. The van der Waals surface area contributed by atoms with Gasteiger partial charge in [0.25, 0.3) is 0 Å². The van der Waals surface area contributed by atoms with E-state index in [1.54, 1.807) is 20.8 Å². The molecule has 1 atom stereocenters. The molecule has 0 aliphatic rings. The largest absolute Gasteiger partial charge is 0.373 e. The van der Waals surface area contributed by atoms with Crippen LogP contribution in [0.2, 0.25) is 0 Å². The zero-order valence-electron chi connectivity index (χ0n) is 11.3. The summed E-state index contributed by atoms with van der Waals surface area (Å²) in [5.41, 5.74) is -0.811. The van der Waals surface area contributed by atoms with E-state index in [1.807, 2.05) is 0 Å². The van der Waals surface area contributed by atoms with Gasteiger partial charge in [-0.3, -0.25) is 4.79 Å². The third-order valence-corrected chi connectivity index (χ3v) is 2.79. The fourth-order valence-corrected chi connectivity index (χ4v) is 1.87. The van der Waals surface area contributed by atoms with Gasteiger partial charge < -0.3 is 4.74 Å². The van der Waals surface area contributed by atoms with Crippen molar-refractivity contribution in [1.29, 1.82) is 0 Å². The number of hydrogen-bond acceptors (Lipinski definition) is 2. The molecule has 2 nitrogen and oxygen atoms in total. The summed E-state index contributed by atoms with van der Waals surface area (Å²) in [6.07, 6.45) is -0.886. The minimum atomic E-state index is -0.886. The molecule has 4 heteroatoms. The van der Waals surface area contributed by atoms with Crippen molar-refractivity contribution in [3.05, 3.63) is 34.9 Å². The molecule has 0 saturated carbocycles. The molecule has 0 fully saturated rings. The van der Waals surface area contributed by atoms with Crippen LogP contribution in [-0.2, 0) is 4.74 Å². The van der Waals surface area contributed by atoms with Gasteiger partial charge in [-0.25, -0.2) is 8.78 Å². The van der Waals surface area contributed by atoms with Gasteiger partial charge in [-0.1, -0.05) is 26.8 Å². The Morgan fingerprint density at radius 2 is 1.83 bits per heavy atom. The number of aryl methyl sites for hydroxylation is 1. The van der Waals surface area contributed by atoms with Crippen molar-refractivity contribution < 1.29 is 18.3 Å². The number of hydrogen-bond donors (Lipinski definition) is 0. The highest BCUT2D eigenvalue weighted by atomic mass is 19.1. The normalized spacial score (nSPS) is 13.5. The van der Waals surface area contributed by atoms with Crippen LogP contribution in [0.15, 0.2) is 12.1 Å². The second-order valence-electron chi connectivity index (χ2n) is 5.40. The Morgan fingerprint density at radius 3 is 2.28 bits per heavy atom. The Labute approximate surface area is 106 Å². The smallest absolute Gasteiger partial charge is 0.197 e. The lowest BCUT2D eigenvalue weighted by atomic mass is 9.84. The third-order valence-electron chi connectivity index (χ3n) is 2.79. The van der Waals surface area contributed by atoms with E-state index >= 15 is 0 Å². The molecule has 18 heavy (non-hydrogen) atoms. The average Bonchev–Trinajstić information content (AvgIpc) is 2.23. The second-order valence-corrected chi connectivity index (χ2v) is 5.40. The molecule has 0 N–H and O–H groups in total. The van der Waals surface area contributed by atoms with Crippen molar-refractivity contribution in [3.8, 4) is 0 Å². The predicted molar refractivity (Wildman–Crippen MR) is 65.7 cm³/mol. The average molecular weight is 256 g/mol. The molecule has 1 aromatic carbocycles. The molecule has 0 saturated heterocycles. The number of benzene rings is 1. The Bertz CT molecular complexity index is 462. The monoisotopic (exact) mass is 256 g/mol. The molecule has 1 aromatic rings. The van der Waals surface area contributed by atoms with Gasteiger partial charge in [-0.15, -0.1) is 0 Å². The standard InChI is InChI=1S/C14H18F2O2/c1-8-6-7-9(15)10(11(8)16)12(17)13(18-5)14(2,3)4/h6-7,13H,1-5H3. The number of carbonyl (C=O) groups excluding carboxylic acids is 1. The van der Waals surface area contributed by atoms with Crippen LogP contribution in [0.25, 0.3) is 0 Å². The van der Waals surface area contributed by atoms with Crippen molar-refractivity contribution in [2.24, 2.45) is 5.41 Å². The zero-order valence-corrected chi connectivity index (χ0v) is 11.3. The van der Waals surface area contributed by atoms with Gasteiger partial charge in [0.1, 0.15) is 17.7 Å². The maximum absolute atomic E-state index is 13.9. The number of ether oxygens (including phenoxy) is 1. The van der Waals surface area contributed by atoms with E-state index in [4.69, 9.17) is 4.74 Å². The first kappa shape index (κ1) is 14.8. The van der Waals surface area contributed by atoms with E-state index in [0.717, 1.165) is 6.07 Å². The Morgan fingerprint density at radius 1 is 1.28 bits per heavy atom. The number of carbonyl (C=O) groups is 1. The molecule has 0 aliphatic carbocycles. The maximum atomic E-state index is 13.9. The summed E-state index contributed by atoms with van der Waals surface area (Å²) in [6.45, 7) is 6.84. The summed E-state index contributed by atoms with van der Waals surface area (Å²) in [6, 6.07) is 2.40. The van der Waals surface area contributed by atoms with E-state index in [-0.39, 0.29) is 5.56 Å². The predicted octanol–water partition coefficient (Wildman–Crippen LogP) is 3.52. The number of Topliss-reactive ketones (excluding diaryl/α,β-unsaturated/α-hetero) is 1. The number of halogens is 2. The van der Waals surface area contributed by atoms with Crippen LogP contribution in [-0.4, -0.2) is 19.0 Å². The van der Waals surface area contributed by atoms with Crippen molar-refractivity contribution in [3.63, 3.8) is 0 Å². The van der Waals surface area contributed by atoms with Crippen molar-refractivity contribution >= 4 is 5.78 Å². The summed E-state index contributed by atoms with van der Waals surface area (Å²) in [5, 5.41) is 0. The number of ketones is 1. The quantitative estimate of drug-likeness (QED) is 0.773. The highest BCUT2D eigenvalue weighted by Crippen LogP contribution is 2.27. The summed E-state index contributed by atoms with van der Waals surface area (Å²) in [7, 11) is 1.36. The topological polar surface area (TPSA) is 26.3 Å². The van der Waals surface area contributed by atoms with Crippen LogP contribution in [0.1, 0.15) is 36.7 Å². The van der Waals surface area contributed by atoms with E-state index in [0.29, 0.717) is 0 Å². The lowest BCUT2D eigenvalue weighted by Gasteiger charge is -2.28. The number of rotatable bonds is 3. The van der Waals surface area contributed by atoms with Crippen LogP contribution >= 0.6 is 0 Å². The van der Waals surface area contributed by atoms with Crippen LogP contribution in [0.4, 0.5) is 8.78 Å². The summed E-state index contributed by atoms with van der Waals surface area (Å²) >= 11 is 0. The fraction of sp³-hybridized carbons (Fsp3) is 0.500. The van der Waals surface area contributed by atoms with E-state index < -0.39 is 34.5 Å². The molecule has 0 bridgehead atoms. The fourth-order valence-electron chi connectivity index (χ4n) is 1.87. The summed E-state index contributed by atoms with van der Waals surface area (Å²) < 4.78 is 32.6. The van der Waals surface area contributed by atoms with E-state index in [2.05, 4.69) is 0 Å². The molecule has 0 amide bonds. The molecular weight excluding hydrogens is 238 g/mol. The van der Waals surface area contributed by atoms with Crippen LogP contribution < -0.4 is 0 Å². The maximum Gasteiger partial charge on any atom is 0.197 e. The third kappa shape index (κ3) is 2.75. The highest BCUT2D eigenvalue weighted by molar-refractivity contribution is 6.00. The van der Waals surface area contributed by atoms with Crippen LogP contribution in [0.3, 0.4) is 0 Å². The molecule has 0 radical (unpaired) electrons. The van der Waals surface area contributed by atoms with Gasteiger partial charge in [0, 0.05) is 7.11 Å². The first-order valence-electron chi connectivity index (χ1n) is 5.71. The molecule has 0 aliphatic heterocycles. The molecule has 100 valence electrons. The molecule has 0 spiro atoms. The Balaban J connectivity index is 3.30. The van der Waals surface area contributed by atoms with Gasteiger partial charge in [0.2, 0.25) is 0 Å². The van der Waals surface area contributed by atoms with E-state index in [9.17, 15) is 13.6 Å². The van der Waals surface area contributed by atoms with Crippen molar-refractivity contribution in [2.45, 2.75) is 33.8 Å². The molecule has 1 rings (SSSR count).